The van der Waals surface area contributed by atoms with Crippen molar-refractivity contribution in [2.75, 3.05) is 27.4 Å². The van der Waals surface area contributed by atoms with E-state index in [1.165, 1.54) is 0 Å². The van der Waals surface area contributed by atoms with Crippen LogP contribution in [0, 0.1) is 0 Å². The first-order chi connectivity index (χ1) is 14.7. The lowest BCUT2D eigenvalue weighted by atomic mass is 10.1. The van der Waals surface area contributed by atoms with Crippen molar-refractivity contribution in [3.8, 4) is 11.5 Å². The Hall–Kier alpha value is -2.65. The van der Waals surface area contributed by atoms with E-state index in [1.807, 2.05) is 24.3 Å². The average molecular weight is 416 g/mol. The quantitative estimate of drug-likeness (QED) is 0.369. The van der Waals surface area contributed by atoms with E-state index in [9.17, 15) is 4.79 Å². The highest BCUT2D eigenvalue weighted by molar-refractivity contribution is 5.89. The molecule has 8 heteroatoms. The maximum atomic E-state index is 12.4. The summed E-state index contributed by atoms with van der Waals surface area (Å²) in [5.74, 6) is 1.02. The molecule has 2 heterocycles. The molecule has 4 rings (SSSR count). The highest BCUT2D eigenvalue weighted by atomic mass is 17.2. The van der Waals surface area contributed by atoms with Gasteiger partial charge in [-0.2, -0.15) is 0 Å². The number of fused-ring (bicyclic) bond motifs is 1. The van der Waals surface area contributed by atoms with Crippen LogP contribution < -0.4 is 9.47 Å². The Labute approximate surface area is 174 Å². The Balaban J connectivity index is 1.25. The standard InChI is InChI=1S/C22H24O8/c1-24-16-7-3-14(4-8-16)11-28-30-19-13-27-20-18(12-26-21(19)20)29-22(23)15-5-9-17(25-2)10-6-15/h3-10,18-21H,11-13H2,1-2H3/t18?,19-,20+,21+/m0/s1. The number of rotatable bonds is 8. The van der Waals surface area contributed by atoms with Gasteiger partial charge in [-0.1, -0.05) is 12.1 Å². The Kier molecular flexibility index (Phi) is 6.49. The van der Waals surface area contributed by atoms with E-state index in [4.69, 9.17) is 33.5 Å². The third-order valence-electron chi connectivity index (χ3n) is 5.12. The smallest absolute Gasteiger partial charge is 0.338 e. The largest absolute Gasteiger partial charge is 0.497 e. The van der Waals surface area contributed by atoms with Gasteiger partial charge < -0.3 is 23.7 Å². The van der Waals surface area contributed by atoms with Gasteiger partial charge in [0, 0.05) is 0 Å². The van der Waals surface area contributed by atoms with E-state index in [-0.39, 0.29) is 25.4 Å². The van der Waals surface area contributed by atoms with E-state index in [2.05, 4.69) is 0 Å². The van der Waals surface area contributed by atoms with Crippen LogP contribution in [-0.2, 0) is 30.6 Å². The van der Waals surface area contributed by atoms with Crippen LogP contribution >= 0.6 is 0 Å². The fourth-order valence-electron chi connectivity index (χ4n) is 3.46. The molecule has 1 unspecified atom stereocenters. The molecule has 0 N–H and O–H groups in total. The molecule has 30 heavy (non-hydrogen) atoms. The summed E-state index contributed by atoms with van der Waals surface area (Å²) in [7, 11) is 3.19. The Morgan fingerprint density at radius 1 is 0.867 bits per heavy atom. The maximum absolute atomic E-state index is 12.4. The first-order valence-corrected chi connectivity index (χ1v) is 9.67. The molecular weight excluding hydrogens is 392 g/mol. The number of carbonyl (C=O) groups is 1. The molecular formula is C22H24O8. The van der Waals surface area contributed by atoms with Crippen LogP contribution in [0.1, 0.15) is 15.9 Å². The van der Waals surface area contributed by atoms with Gasteiger partial charge in [-0.15, -0.1) is 0 Å². The van der Waals surface area contributed by atoms with Crippen LogP contribution in [0.3, 0.4) is 0 Å². The van der Waals surface area contributed by atoms with Crippen molar-refractivity contribution in [3.05, 3.63) is 59.7 Å². The molecule has 0 bridgehead atoms. The minimum absolute atomic E-state index is 0.246. The monoisotopic (exact) mass is 416 g/mol. The Morgan fingerprint density at radius 2 is 1.43 bits per heavy atom. The van der Waals surface area contributed by atoms with E-state index in [1.54, 1.807) is 38.5 Å². The lowest BCUT2D eigenvalue weighted by molar-refractivity contribution is -0.341. The molecule has 2 aliphatic heterocycles. The van der Waals surface area contributed by atoms with Crippen LogP contribution in [0.5, 0.6) is 11.5 Å². The average Bonchev–Trinajstić information content (AvgIpc) is 3.37. The predicted octanol–water partition coefficient (Wildman–Crippen LogP) is 2.54. The predicted molar refractivity (Wildman–Crippen MR) is 104 cm³/mol. The summed E-state index contributed by atoms with van der Waals surface area (Å²) in [5, 5.41) is 0. The van der Waals surface area contributed by atoms with Gasteiger partial charge in [-0.3, -0.25) is 0 Å². The van der Waals surface area contributed by atoms with Crippen LogP contribution in [0.2, 0.25) is 0 Å². The molecule has 0 aliphatic carbocycles. The summed E-state index contributed by atoms with van der Waals surface area (Å²) >= 11 is 0. The van der Waals surface area contributed by atoms with Crippen molar-refractivity contribution in [2.24, 2.45) is 0 Å². The summed E-state index contributed by atoms with van der Waals surface area (Å²) in [6.45, 7) is 0.831. The number of ether oxygens (including phenoxy) is 5. The molecule has 2 aliphatic rings. The second kappa shape index (κ2) is 9.44. The molecule has 8 nitrogen and oxygen atoms in total. The topological polar surface area (TPSA) is 81.7 Å². The number of carbonyl (C=O) groups excluding carboxylic acids is 1. The fraction of sp³-hybridized carbons (Fsp3) is 0.409. The van der Waals surface area contributed by atoms with Crippen LogP contribution in [0.4, 0.5) is 0 Å². The van der Waals surface area contributed by atoms with Gasteiger partial charge in [0.25, 0.3) is 0 Å². The van der Waals surface area contributed by atoms with Crippen molar-refractivity contribution in [1.29, 1.82) is 0 Å². The zero-order chi connectivity index (χ0) is 20.9. The first kappa shape index (κ1) is 20.6. The van der Waals surface area contributed by atoms with Crippen molar-refractivity contribution >= 4 is 5.97 Å². The van der Waals surface area contributed by atoms with Crippen molar-refractivity contribution in [3.63, 3.8) is 0 Å². The normalized spacial score (nSPS) is 25.0. The van der Waals surface area contributed by atoms with Crippen molar-refractivity contribution in [2.45, 2.75) is 31.0 Å². The Morgan fingerprint density at radius 3 is 2.07 bits per heavy atom. The molecule has 160 valence electrons. The van der Waals surface area contributed by atoms with Crippen LogP contribution in [0.25, 0.3) is 0 Å². The summed E-state index contributed by atoms with van der Waals surface area (Å²) in [6.07, 6.45) is -1.63. The third kappa shape index (κ3) is 4.57. The van der Waals surface area contributed by atoms with Gasteiger partial charge in [0.2, 0.25) is 0 Å². The fourth-order valence-corrected chi connectivity index (χ4v) is 3.46. The molecule has 2 fully saturated rings. The summed E-state index contributed by atoms with van der Waals surface area (Å²) in [4.78, 5) is 23.3. The molecule has 0 radical (unpaired) electrons. The number of benzene rings is 2. The maximum Gasteiger partial charge on any atom is 0.338 e. The highest BCUT2D eigenvalue weighted by Crippen LogP contribution is 2.31. The number of hydrogen-bond acceptors (Lipinski definition) is 8. The second-order valence-electron chi connectivity index (χ2n) is 7.01. The Bertz CT molecular complexity index is 835. The summed E-state index contributed by atoms with van der Waals surface area (Å²) in [6, 6.07) is 14.2. The van der Waals surface area contributed by atoms with Crippen LogP contribution in [-0.4, -0.2) is 57.8 Å². The summed E-state index contributed by atoms with van der Waals surface area (Å²) in [5.41, 5.74) is 1.39. The lowest BCUT2D eigenvalue weighted by Crippen LogP contribution is -2.35. The first-order valence-electron chi connectivity index (χ1n) is 9.67. The molecule has 2 aromatic rings. The van der Waals surface area contributed by atoms with Gasteiger partial charge in [0.15, 0.2) is 6.10 Å². The lowest BCUT2D eigenvalue weighted by Gasteiger charge is -2.17. The number of methoxy groups -OCH3 is 2. The molecule has 2 saturated heterocycles. The highest BCUT2D eigenvalue weighted by Gasteiger charge is 2.50. The molecule has 2 aromatic carbocycles. The molecule has 4 atom stereocenters. The van der Waals surface area contributed by atoms with Crippen LogP contribution in [0.15, 0.2) is 48.5 Å². The zero-order valence-corrected chi connectivity index (χ0v) is 16.8. The van der Waals surface area contributed by atoms with E-state index < -0.39 is 18.2 Å². The molecule has 0 aromatic heterocycles. The minimum atomic E-state index is -0.500. The van der Waals surface area contributed by atoms with E-state index in [0.717, 1.165) is 11.3 Å². The van der Waals surface area contributed by atoms with Gasteiger partial charge >= 0.3 is 5.97 Å². The number of hydrogen-bond donors (Lipinski definition) is 0. The molecule has 0 amide bonds. The molecule has 0 spiro atoms. The third-order valence-corrected chi connectivity index (χ3v) is 5.12. The second-order valence-corrected chi connectivity index (χ2v) is 7.01. The molecule has 0 saturated carbocycles. The minimum Gasteiger partial charge on any atom is -0.497 e. The summed E-state index contributed by atoms with van der Waals surface area (Å²) < 4.78 is 27.4. The van der Waals surface area contributed by atoms with E-state index in [0.29, 0.717) is 17.9 Å². The van der Waals surface area contributed by atoms with Gasteiger partial charge in [-0.05, 0) is 42.0 Å². The van der Waals surface area contributed by atoms with Crippen molar-refractivity contribution in [1.82, 2.24) is 0 Å². The zero-order valence-electron chi connectivity index (χ0n) is 16.8. The SMILES string of the molecule is COc1ccc(COO[C@H]2CO[C@@H]3C(OC(=O)c4ccc(OC)cc4)CO[C@H]23)cc1. The van der Waals surface area contributed by atoms with Gasteiger partial charge in [-0.25, -0.2) is 14.6 Å². The van der Waals surface area contributed by atoms with Gasteiger partial charge in [0.1, 0.15) is 36.4 Å². The number of esters is 1. The van der Waals surface area contributed by atoms with E-state index >= 15 is 0 Å². The van der Waals surface area contributed by atoms with Gasteiger partial charge in [0.05, 0.1) is 33.0 Å². The van der Waals surface area contributed by atoms with Crippen molar-refractivity contribution < 1.29 is 38.3 Å².